The van der Waals surface area contributed by atoms with Crippen LogP contribution in [0.4, 0.5) is 5.69 Å². The molecule has 0 bridgehead atoms. The van der Waals surface area contributed by atoms with Gasteiger partial charge in [0.2, 0.25) is 0 Å². The van der Waals surface area contributed by atoms with Gasteiger partial charge < -0.3 is 4.90 Å². The zero-order chi connectivity index (χ0) is 23.7. The maximum Gasteiger partial charge on any atom is 0.0405 e. The zero-order valence-electron chi connectivity index (χ0n) is 21.6. The van der Waals surface area contributed by atoms with Crippen LogP contribution in [0.2, 0.25) is 0 Å². The lowest BCUT2D eigenvalue weighted by Crippen LogP contribution is -2.32. The number of rotatable bonds is 6. The minimum absolute atomic E-state index is 0.253. The van der Waals surface area contributed by atoms with E-state index >= 15 is 0 Å². The van der Waals surface area contributed by atoms with Gasteiger partial charge in [-0.05, 0) is 78.8 Å². The number of hydrogen-bond acceptors (Lipinski definition) is 2. The SMILES string of the molecule is Cc1cc(C2=C(N(C)c3ccccc3)CCC=C2)c(C)c(SCC(C)(C)C(C)(C)C)c1C. The van der Waals surface area contributed by atoms with Gasteiger partial charge in [-0.1, -0.05) is 71.0 Å². The lowest BCUT2D eigenvalue weighted by atomic mass is 9.71. The van der Waals surface area contributed by atoms with E-state index in [0.29, 0.717) is 0 Å². The van der Waals surface area contributed by atoms with E-state index in [4.69, 9.17) is 0 Å². The Balaban J connectivity index is 2.07. The predicted molar refractivity (Wildman–Crippen MR) is 145 cm³/mol. The Hall–Kier alpha value is -1.93. The molecule has 0 N–H and O–H groups in total. The van der Waals surface area contributed by atoms with Gasteiger partial charge in [0.15, 0.2) is 0 Å². The van der Waals surface area contributed by atoms with Crippen LogP contribution in [0.5, 0.6) is 0 Å². The molecular weight excluding hydrogens is 406 g/mol. The van der Waals surface area contributed by atoms with Crippen molar-refractivity contribution in [2.45, 2.75) is 73.1 Å². The number of thioether (sulfide) groups is 1. The Bertz CT molecular complexity index is 1020. The molecule has 0 unspecified atom stereocenters. The average molecular weight is 448 g/mol. The standard InChI is InChI=1S/C30H41NS/c1-21-19-26(23(3)28(22(21)2)32-20-30(7,8)29(4,5)6)25-17-13-14-18-27(25)31(9)24-15-11-10-12-16-24/h10-13,15-17,19H,14,18,20H2,1-9H3. The van der Waals surface area contributed by atoms with Gasteiger partial charge in [0.1, 0.15) is 0 Å². The van der Waals surface area contributed by atoms with Crippen LogP contribution in [-0.2, 0) is 0 Å². The molecule has 1 aliphatic carbocycles. The third-order valence-electron chi connectivity index (χ3n) is 7.63. The topological polar surface area (TPSA) is 3.24 Å². The normalized spacial score (nSPS) is 14.8. The van der Waals surface area contributed by atoms with Crippen LogP contribution in [-0.4, -0.2) is 12.8 Å². The zero-order valence-corrected chi connectivity index (χ0v) is 22.4. The molecule has 1 nitrogen and oxygen atoms in total. The smallest absolute Gasteiger partial charge is 0.0405 e. The van der Waals surface area contributed by atoms with E-state index in [1.54, 1.807) is 0 Å². The van der Waals surface area contributed by atoms with Crippen molar-refractivity contribution in [3.05, 3.63) is 76.5 Å². The monoisotopic (exact) mass is 447 g/mol. The van der Waals surface area contributed by atoms with Crippen molar-refractivity contribution in [2.24, 2.45) is 10.8 Å². The number of hydrogen-bond donors (Lipinski definition) is 0. The molecule has 0 amide bonds. The van der Waals surface area contributed by atoms with Crippen LogP contribution in [0.1, 0.15) is 69.7 Å². The molecule has 1 aliphatic rings. The summed E-state index contributed by atoms with van der Waals surface area (Å²) in [5.41, 5.74) is 10.2. The van der Waals surface area contributed by atoms with E-state index < -0.39 is 0 Å². The third kappa shape index (κ3) is 5.01. The minimum atomic E-state index is 0.253. The van der Waals surface area contributed by atoms with Crippen molar-refractivity contribution >= 4 is 23.0 Å². The van der Waals surface area contributed by atoms with Gasteiger partial charge >= 0.3 is 0 Å². The van der Waals surface area contributed by atoms with E-state index in [1.165, 1.54) is 44.1 Å². The molecule has 0 radical (unpaired) electrons. The molecule has 0 aliphatic heterocycles. The van der Waals surface area contributed by atoms with Crippen molar-refractivity contribution in [1.82, 2.24) is 0 Å². The van der Waals surface area contributed by atoms with E-state index in [1.807, 2.05) is 11.8 Å². The summed E-state index contributed by atoms with van der Waals surface area (Å²) >= 11 is 2.05. The minimum Gasteiger partial charge on any atom is -0.348 e. The first-order valence-corrected chi connectivity index (χ1v) is 12.8. The highest BCUT2D eigenvalue weighted by Crippen LogP contribution is 2.45. The molecule has 0 saturated carbocycles. The first-order valence-electron chi connectivity index (χ1n) is 11.9. The average Bonchev–Trinajstić information content (AvgIpc) is 2.75. The van der Waals surface area contributed by atoms with Crippen molar-refractivity contribution in [3.8, 4) is 0 Å². The summed E-state index contributed by atoms with van der Waals surface area (Å²) in [5.74, 6) is 1.12. The molecule has 2 aromatic carbocycles. The molecule has 0 saturated heterocycles. The van der Waals surface area contributed by atoms with E-state index in [9.17, 15) is 0 Å². The van der Waals surface area contributed by atoms with Gasteiger partial charge in [-0.3, -0.25) is 0 Å². The van der Waals surface area contributed by atoms with Crippen molar-refractivity contribution in [3.63, 3.8) is 0 Å². The fourth-order valence-electron chi connectivity index (χ4n) is 4.03. The molecule has 2 aromatic rings. The first kappa shape index (κ1) is 24.7. The second-order valence-electron chi connectivity index (χ2n) is 10.9. The Kier molecular flexibility index (Phi) is 7.34. The van der Waals surface area contributed by atoms with Crippen LogP contribution < -0.4 is 4.90 Å². The highest BCUT2D eigenvalue weighted by atomic mass is 32.2. The van der Waals surface area contributed by atoms with Crippen LogP contribution in [0, 0.1) is 31.6 Å². The Morgan fingerprint density at radius 2 is 1.59 bits per heavy atom. The summed E-state index contributed by atoms with van der Waals surface area (Å²) in [4.78, 5) is 3.84. The summed E-state index contributed by atoms with van der Waals surface area (Å²) in [7, 11) is 2.21. The molecule has 0 atom stereocenters. The first-order chi connectivity index (χ1) is 14.9. The highest BCUT2D eigenvalue weighted by Gasteiger charge is 2.33. The summed E-state index contributed by atoms with van der Waals surface area (Å²) in [6, 6.07) is 13.1. The summed E-state index contributed by atoms with van der Waals surface area (Å²) in [6.45, 7) is 18.8. The lowest BCUT2D eigenvalue weighted by molar-refractivity contribution is 0.162. The number of aryl methyl sites for hydroxylation is 1. The van der Waals surface area contributed by atoms with Crippen LogP contribution in [0.25, 0.3) is 5.57 Å². The molecule has 3 rings (SSSR count). The number of nitrogens with zero attached hydrogens (tertiary/aromatic N) is 1. The fourth-order valence-corrected chi connectivity index (χ4v) is 5.68. The van der Waals surface area contributed by atoms with Crippen molar-refractivity contribution in [1.29, 1.82) is 0 Å². The molecule has 0 aromatic heterocycles. The number of benzene rings is 2. The van der Waals surface area contributed by atoms with Gasteiger partial charge in [0.05, 0.1) is 0 Å². The Morgan fingerprint density at radius 3 is 2.22 bits per heavy atom. The number of allylic oxidation sites excluding steroid dienone is 4. The van der Waals surface area contributed by atoms with Crippen LogP contribution in [0.15, 0.2) is 59.1 Å². The van der Waals surface area contributed by atoms with Crippen LogP contribution >= 0.6 is 11.8 Å². The van der Waals surface area contributed by atoms with E-state index in [-0.39, 0.29) is 10.8 Å². The van der Waals surface area contributed by atoms with E-state index in [2.05, 4.69) is 116 Å². The second-order valence-corrected chi connectivity index (χ2v) is 11.9. The molecule has 0 spiro atoms. The summed E-state index contributed by atoms with van der Waals surface area (Å²) in [6.07, 6.45) is 6.86. The second kappa shape index (κ2) is 9.51. The molecule has 32 heavy (non-hydrogen) atoms. The third-order valence-corrected chi connectivity index (χ3v) is 9.39. The van der Waals surface area contributed by atoms with E-state index in [0.717, 1.165) is 18.6 Å². The van der Waals surface area contributed by atoms with Gasteiger partial charge in [-0.2, -0.15) is 0 Å². The quantitative estimate of drug-likeness (QED) is 0.406. The molecule has 0 fully saturated rings. The number of anilines is 1. The lowest BCUT2D eigenvalue weighted by Gasteiger charge is -2.39. The van der Waals surface area contributed by atoms with Crippen molar-refractivity contribution in [2.75, 3.05) is 17.7 Å². The Morgan fingerprint density at radius 1 is 0.938 bits per heavy atom. The molecular formula is C30H41NS. The maximum absolute atomic E-state index is 2.41. The summed E-state index contributed by atoms with van der Waals surface area (Å²) < 4.78 is 0. The predicted octanol–water partition coefficient (Wildman–Crippen LogP) is 8.97. The molecule has 0 heterocycles. The van der Waals surface area contributed by atoms with Gasteiger partial charge in [0, 0.05) is 34.7 Å². The van der Waals surface area contributed by atoms with Gasteiger partial charge in [0.25, 0.3) is 0 Å². The number of para-hydroxylation sites is 1. The molecule has 172 valence electrons. The van der Waals surface area contributed by atoms with Crippen LogP contribution in [0.3, 0.4) is 0 Å². The summed E-state index contributed by atoms with van der Waals surface area (Å²) in [5, 5.41) is 0. The van der Waals surface area contributed by atoms with Crippen molar-refractivity contribution < 1.29 is 0 Å². The maximum atomic E-state index is 2.41. The largest absolute Gasteiger partial charge is 0.348 e. The fraction of sp³-hybridized carbons (Fsp3) is 0.467. The molecule has 2 heteroatoms. The Labute approximate surface area is 201 Å². The highest BCUT2D eigenvalue weighted by molar-refractivity contribution is 7.99. The van der Waals surface area contributed by atoms with Gasteiger partial charge in [-0.25, -0.2) is 0 Å². The van der Waals surface area contributed by atoms with Gasteiger partial charge in [-0.15, -0.1) is 11.8 Å².